The van der Waals surface area contributed by atoms with E-state index in [4.69, 9.17) is 9.72 Å². The molecule has 0 saturated carbocycles. The van der Waals surface area contributed by atoms with Crippen molar-refractivity contribution in [2.75, 3.05) is 26.3 Å². The topological polar surface area (TPSA) is 42.4 Å². The molecule has 0 bridgehead atoms. The number of hydrogen-bond donors (Lipinski definition) is 0. The van der Waals surface area contributed by atoms with Crippen LogP contribution in [0.4, 0.5) is 0 Å². The van der Waals surface area contributed by atoms with Crippen molar-refractivity contribution in [3.05, 3.63) is 65.2 Å². The maximum Gasteiger partial charge on any atom is 0.254 e. The normalized spacial score (nSPS) is 14.6. The number of amides is 1. The summed E-state index contributed by atoms with van der Waals surface area (Å²) in [4.78, 5) is 19.9. The summed E-state index contributed by atoms with van der Waals surface area (Å²) in [5, 5.41) is 0.901. The van der Waals surface area contributed by atoms with Crippen molar-refractivity contribution >= 4 is 16.8 Å². The van der Waals surface area contributed by atoms with Gasteiger partial charge < -0.3 is 9.64 Å². The average molecular weight is 346 g/mol. The summed E-state index contributed by atoms with van der Waals surface area (Å²) in [5.41, 5.74) is 5.83. The summed E-state index contributed by atoms with van der Waals surface area (Å²) in [6.07, 6.45) is 0. The van der Waals surface area contributed by atoms with Crippen LogP contribution in [0.15, 0.2) is 48.5 Å². The van der Waals surface area contributed by atoms with Gasteiger partial charge in [0.15, 0.2) is 0 Å². The molecule has 3 aromatic rings. The van der Waals surface area contributed by atoms with Crippen LogP contribution in [-0.4, -0.2) is 42.1 Å². The monoisotopic (exact) mass is 346 g/mol. The number of pyridine rings is 1. The van der Waals surface area contributed by atoms with Crippen molar-refractivity contribution in [3.8, 4) is 11.3 Å². The largest absolute Gasteiger partial charge is 0.378 e. The van der Waals surface area contributed by atoms with Gasteiger partial charge in [-0.1, -0.05) is 35.9 Å². The lowest BCUT2D eigenvalue weighted by Crippen LogP contribution is -2.40. The van der Waals surface area contributed by atoms with E-state index in [0.717, 1.165) is 27.7 Å². The Balaban J connectivity index is 1.88. The van der Waals surface area contributed by atoms with Gasteiger partial charge in [-0.05, 0) is 37.6 Å². The van der Waals surface area contributed by atoms with Crippen LogP contribution in [0, 0.1) is 13.8 Å². The highest BCUT2D eigenvalue weighted by atomic mass is 16.5. The molecule has 0 unspecified atom stereocenters. The van der Waals surface area contributed by atoms with E-state index >= 15 is 0 Å². The number of ether oxygens (including phenoxy) is 1. The number of rotatable bonds is 2. The maximum atomic E-state index is 13.2. The molecular weight excluding hydrogens is 324 g/mol. The molecule has 0 radical (unpaired) electrons. The van der Waals surface area contributed by atoms with Gasteiger partial charge in [-0.2, -0.15) is 0 Å². The van der Waals surface area contributed by atoms with Crippen molar-refractivity contribution < 1.29 is 9.53 Å². The highest BCUT2D eigenvalue weighted by molar-refractivity contribution is 6.07. The van der Waals surface area contributed by atoms with Gasteiger partial charge in [0.2, 0.25) is 0 Å². The van der Waals surface area contributed by atoms with E-state index in [9.17, 15) is 4.79 Å². The van der Waals surface area contributed by atoms with Crippen molar-refractivity contribution in [1.29, 1.82) is 0 Å². The molecule has 132 valence electrons. The zero-order valence-electron chi connectivity index (χ0n) is 15.2. The first-order valence-electron chi connectivity index (χ1n) is 8.98. The smallest absolute Gasteiger partial charge is 0.254 e. The number of morpholine rings is 1. The molecule has 26 heavy (non-hydrogen) atoms. The summed E-state index contributed by atoms with van der Waals surface area (Å²) in [7, 11) is 0. The number of carbonyl (C=O) groups is 1. The summed E-state index contributed by atoms with van der Waals surface area (Å²) in [6, 6.07) is 16.1. The Labute approximate surface area is 153 Å². The molecule has 1 aliphatic heterocycles. The second-order valence-corrected chi connectivity index (χ2v) is 6.80. The standard InChI is InChI=1S/C22H22N2O2/c1-15-7-8-16(2)18(13-15)21-14-19(17-5-3-4-6-20(17)23-21)22(25)24-9-11-26-12-10-24/h3-8,13-14H,9-12H2,1-2H3. The third kappa shape index (κ3) is 3.08. The molecule has 0 spiro atoms. The number of aryl methyl sites for hydroxylation is 2. The molecule has 2 aromatic carbocycles. The van der Waals surface area contributed by atoms with Gasteiger partial charge in [0, 0.05) is 24.0 Å². The SMILES string of the molecule is Cc1ccc(C)c(-c2cc(C(=O)N3CCOCC3)c3ccccc3n2)c1. The first kappa shape index (κ1) is 16.7. The Morgan fingerprint density at radius 2 is 1.81 bits per heavy atom. The van der Waals surface area contributed by atoms with Crippen molar-refractivity contribution in [2.45, 2.75) is 13.8 Å². The number of benzene rings is 2. The van der Waals surface area contributed by atoms with Crippen LogP contribution in [0.2, 0.25) is 0 Å². The Hall–Kier alpha value is -2.72. The quantitative estimate of drug-likeness (QED) is 0.704. The van der Waals surface area contributed by atoms with E-state index in [1.165, 1.54) is 5.56 Å². The number of hydrogen-bond acceptors (Lipinski definition) is 3. The summed E-state index contributed by atoms with van der Waals surface area (Å²) >= 11 is 0. The molecule has 4 nitrogen and oxygen atoms in total. The first-order valence-corrected chi connectivity index (χ1v) is 8.98. The van der Waals surface area contributed by atoms with E-state index in [0.29, 0.717) is 31.9 Å². The molecule has 1 aliphatic rings. The van der Waals surface area contributed by atoms with Crippen molar-refractivity contribution in [3.63, 3.8) is 0 Å². The van der Waals surface area contributed by atoms with Gasteiger partial charge in [0.1, 0.15) is 0 Å². The Bertz CT molecular complexity index is 975. The third-order valence-electron chi connectivity index (χ3n) is 4.91. The number of aromatic nitrogens is 1. The minimum atomic E-state index is 0.0541. The molecule has 2 heterocycles. The number of nitrogens with zero attached hydrogens (tertiary/aromatic N) is 2. The average Bonchev–Trinajstić information content (AvgIpc) is 2.69. The van der Waals surface area contributed by atoms with E-state index in [2.05, 4.69) is 32.0 Å². The Morgan fingerprint density at radius 1 is 1.04 bits per heavy atom. The van der Waals surface area contributed by atoms with Crippen LogP contribution in [0.5, 0.6) is 0 Å². The van der Waals surface area contributed by atoms with Crippen LogP contribution >= 0.6 is 0 Å². The molecule has 1 fully saturated rings. The van der Waals surface area contributed by atoms with E-state index in [-0.39, 0.29) is 5.91 Å². The van der Waals surface area contributed by atoms with Gasteiger partial charge in [0.05, 0.1) is 30.0 Å². The predicted molar refractivity (Wildman–Crippen MR) is 103 cm³/mol. The molecule has 1 saturated heterocycles. The summed E-state index contributed by atoms with van der Waals surface area (Å²) in [6.45, 7) is 6.61. The molecule has 0 aliphatic carbocycles. The van der Waals surface area contributed by atoms with Gasteiger partial charge in [0.25, 0.3) is 5.91 Å². The van der Waals surface area contributed by atoms with Crippen molar-refractivity contribution in [1.82, 2.24) is 9.88 Å². The highest BCUT2D eigenvalue weighted by Gasteiger charge is 2.22. The van der Waals surface area contributed by atoms with Crippen LogP contribution in [0.1, 0.15) is 21.5 Å². The zero-order chi connectivity index (χ0) is 18.1. The zero-order valence-corrected chi connectivity index (χ0v) is 15.2. The fourth-order valence-corrected chi connectivity index (χ4v) is 3.44. The van der Waals surface area contributed by atoms with E-state index in [1.807, 2.05) is 35.2 Å². The second kappa shape index (κ2) is 6.89. The number of carbonyl (C=O) groups excluding carboxylic acids is 1. The molecule has 1 amide bonds. The van der Waals surface area contributed by atoms with Crippen LogP contribution in [0.3, 0.4) is 0 Å². The lowest BCUT2D eigenvalue weighted by Gasteiger charge is -2.27. The summed E-state index contributed by atoms with van der Waals surface area (Å²) in [5.74, 6) is 0.0541. The molecule has 4 rings (SSSR count). The van der Waals surface area contributed by atoms with Gasteiger partial charge in [-0.15, -0.1) is 0 Å². The van der Waals surface area contributed by atoms with Crippen LogP contribution in [-0.2, 0) is 4.74 Å². The second-order valence-electron chi connectivity index (χ2n) is 6.80. The third-order valence-corrected chi connectivity index (χ3v) is 4.91. The molecule has 4 heteroatoms. The van der Waals surface area contributed by atoms with Gasteiger partial charge in [-0.3, -0.25) is 4.79 Å². The van der Waals surface area contributed by atoms with Crippen LogP contribution in [0.25, 0.3) is 22.2 Å². The number of para-hydroxylation sites is 1. The number of fused-ring (bicyclic) bond motifs is 1. The fraction of sp³-hybridized carbons (Fsp3) is 0.273. The molecular formula is C22H22N2O2. The van der Waals surface area contributed by atoms with Crippen molar-refractivity contribution in [2.24, 2.45) is 0 Å². The van der Waals surface area contributed by atoms with Crippen LogP contribution < -0.4 is 0 Å². The maximum absolute atomic E-state index is 13.2. The molecule has 1 aromatic heterocycles. The Morgan fingerprint density at radius 3 is 2.62 bits per heavy atom. The molecule has 0 atom stereocenters. The Kier molecular flexibility index (Phi) is 4.43. The predicted octanol–water partition coefficient (Wildman–Crippen LogP) is 3.99. The lowest BCUT2D eigenvalue weighted by molar-refractivity contribution is 0.0304. The van der Waals surface area contributed by atoms with E-state index < -0.39 is 0 Å². The summed E-state index contributed by atoms with van der Waals surface area (Å²) < 4.78 is 5.39. The minimum absolute atomic E-state index is 0.0541. The van der Waals surface area contributed by atoms with Gasteiger partial charge >= 0.3 is 0 Å². The molecule has 0 N–H and O–H groups in total. The first-order chi connectivity index (χ1) is 12.6. The lowest BCUT2D eigenvalue weighted by atomic mass is 9.99. The van der Waals surface area contributed by atoms with Gasteiger partial charge in [-0.25, -0.2) is 4.98 Å². The fourth-order valence-electron chi connectivity index (χ4n) is 3.44. The van der Waals surface area contributed by atoms with E-state index in [1.54, 1.807) is 0 Å². The highest BCUT2D eigenvalue weighted by Crippen LogP contribution is 2.28. The minimum Gasteiger partial charge on any atom is -0.378 e.